The molecular weight excluding hydrogens is 443 g/mol. The molecule has 172 valence electrons. The monoisotopic (exact) mass is 474 g/mol. The molecule has 1 aliphatic carbocycles. The lowest BCUT2D eigenvalue weighted by Crippen LogP contribution is -2.49. The second-order valence-corrected chi connectivity index (χ2v) is 9.37. The minimum Gasteiger partial charge on any atom is -0.352 e. The highest BCUT2D eigenvalue weighted by Gasteiger charge is 2.29. The van der Waals surface area contributed by atoms with E-state index in [0.29, 0.717) is 28.5 Å². The Morgan fingerprint density at radius 2 is 1.62 bits per heavy atom. The van der Waals surface area contributed by atoms with E-state index in [1.54, 1.807) is 30.0 Å². The van der Waals surface area contributed by atoms with E-state index in [1.807, 2.05) is 0 Å². The molecule has 1 saturated carbocycles. The number of nitrogens with zero attached hydrogens (tertiary/aromatic N) is 1. The molecule has 32 heavy (non-hydrogen) atoms. The zero-order valence-corrected chi connectivity index (χ0v) is 20.4. The van der Waals surface area contributed by atoms with Gasteiger partial charge in [0.05, 0.1) is 0 Å². The first-order chi connectivity index (χ1) is 15.4. The third-order valence-corrected chi connectivity index (χ3v) is 7.03. The summed E-state index contributed by atoms with van der Waals surface area (Å²) in [5.41, 5.74) is 3.04. The Balaban J connectivity index is 1.74. The average Bonchev–Trinajstić information content (AvgIpc) is 3.30. The molecule has 1 fully saturated rings. The Morgan fingerprint density at radius 3 is 2.22 bits per heavy atom. The Kier molecular flexibility index (Phi) is 9.01. The molecule has 1 N–H and O–H groups in total. The number of aryl methyl sites for hydroxylation is 2. The molecule has 0 radical (unpaired) electrons. The minimum absolute atomic E-state index is 0.0883. The highest BCUT2D eigenvalue weighted by atomic mass is 35.5. The number of benzene rings is 2. The van der Waals surface area contributed by atoms with Crippen LogP contribution in [0.25, 0.3) is 0 Å². The zero-order valence-electron chi connectivity index (χ0n) is 18.9. The fourth-order valence-electron chi connectivity index (χ4n) is 4.16. The third-order valence-electron chi connectivity index (χ3n) is 6.32. The summed E-state index contributed by atoms with van der Waals surface area (Å²) in [6, 6.07) is 13.2. The van der Waals surface area contributed by atoms with E-state index in [9.17, 15) is 9.59 Å². The van der Waals surface area contributed by atoms with Gasteiger partial charge in [0.1, 0.15) is 6.04 Å². The summed E-state index contributed by atoms with van der Waals surface area (Å²) in [4.78, 5) is 27.9. The lowest BCUT2D eigenvalue weighted by atomic mass is 10.0. The zero-order chi connectivity index (χ0) is 23.1. The molecule has 6 heteroatoms. The number of rotatable bonds is 9. The van der Waals surface area contributed by atoms with E-state index >= 15 is 0 Å². The van der Waals surface area contributed by atoms with Crippen molar-refractivity contribution in [2.24, 2.45) is 0 Å². The third kappa shape index (κ3) is 6.49. The van der Waals surface area contributed by atoms with Crippen LogP contribution in [-0.2, 0) is 29.0 Å². The molecule has 2 aromatic carbocycles. The van der Waals surface area contributed by atoms with Crippen molar-refractivity contribution < 1.29 is 9.59 Å². The molecular formula is C26H32Cl2N2O2. The Labute approximate surface area is 201 Å². The fourth-order valence-corrected chi connectivity index (χ4v) is 4.68. The van der Waals surface area contributed by atoms with Crippen LogP contribution in [0.3, 0.4) is 0 Å². The molecule has 0 unspecified atom stereocenters. The van der Waals surface area contributed by atoms with Crippen LogP contribution >= 0.6 is 23.2 Å². The number of amides is 2. The largest absolute Gasteiger partial charge is 0.352 e. The number of nitrogens with one attached hydrogen (secondary N) is 1. The average molecular weight is 475 g/mol. The molecule has 0 aliphatic heterocycles. The van der Waals surface area contributed by atoms with Gasteiger partial charge in [0, 0.05) is 34.6 Å². The van der Waals surface area contributed by atoms with Crippen LogP contribution in [0.5, 0.6) is 0 Å². The highest BCUT2D eigenvalue weighted by molar-refractivity contribution is 6.36. The summed E-state index contributed by atoms with van der Waals surface area (Å²) in [6.45, 7) is 4.10. The van der Waals surface area contributed by atoms with Gasteiger partial charge in [-0.1, -0.05) is 73.3 Å². The van der Waals surface area contributed by atoms with Gasteiger partial charge in [0.25, 0.3) is 0 Å². The van der Waals surface area contributed by atoms with Crippen molar-refractivity contribution in [3.63, 3.8) is 0 Å². The van der Waals surface area contributed by atoms with Gasteiger partial charge in [-0.15, -0.1) is 0 Å². The SMILES string of the molecule is CCc1ccc(CCC(=O)N(Cc2c(Cl)cccc2Cl)[C@@H](C)C(=O)NC2CCCC2)cc1. The Hall–Kier alpha value is -2.04. The summed E-state index contributed by atoms with van der Waals surface area (Å²) >= 11 is 12.8. The molecule has 2 amide bonds. The van der Waals surface area contributed by atoms with Gasteiger partial charge in [-0.3, -0.25) is 9.59 Å². The molecule has 0 saturated heterocycles. The number of carbonyl (C=O) groups is 2. The van der Waals surface area contributed by atoms with Gasteiger partial charge >= 0.3 is 0 Å². The van der Waals surface area contributed by atoms with Gasteiger partial charge in [-0.25, -0.2) is 0 Å². The van der Waals surface area contributed by atoms with Crippen molar-refractivity contribution in [1.82, 2.24) is 10.2 Å². The molecule has 1 aliphatic rings. The molecule has 1 atom stereocenters. The van der Waals surface area contributed by atoms with Crippen molar-refractivity contribution >= 4 is 35.0 Å². The van der Waals surface area contributed by atoms with Crippen LogP contribution in [0.1, 0.15) is 62.6 Å². The first-order valence-electron chi connectivity index (χ1n) is 11.5. The number of halogens is 2. The summed E-state index contributed by atoms with van der Waals surface area (Å²) in [6.07, 6.45) is 6.18. The van der Waals surface area contributed by atoms with Crippen LogP contribution in [0.4, 0.5) is 0 Å². The standard InChI is InChI=1S/C26H32Cl2N2O2/c1-3-19-11-13-20(14-12-19)15-16-25(31)30(17-22-23(27)9-6-10-24(22)28)18(2)26(32)29-21-7-4-5-8-21/h6,9-14,18,21H,3-5,7-8,15-17H2,1-2H3,(H,29,32)/t18-/m0/s1. The maximum Gasteiger partial charge on any atom is 0.242 e. The topological polar surface area (TPSA) is 49.4 Å². The van der Waals surface area contributed by atoms with E-state index in [-0.39, 0.29) is 24.4 Å². The van der Waals surface area contributed by atoms with E-state index in [4.69, 9.17) is 23.2 Å². The molecule has 0 spiro atoms. The predicted molar refractivity (Wildman–Crippen MR) is 131 cm³/mol. The van der Waals surface area contributed by atoms with Crippen molar-refractivity contribution in [3.05, 3.63) is 69.2 Å². The minimum atomic E-state index is -0.613. The number of hydrogen-bond acceptors (Lipinski definition) is 2. The van der Waals surface area contributed by atoms with Gasteiger partial charge < -0.3 is 10.2 Å². The van der Waals surface area contributed by atoms with E-state index in [0.717, 1.165) is 37.7 Å². The molecule has 0 bridgehead atoms. The van der Waals surface area contributed by atoms with Crippen LogP contribution < -0.4 is 5.32 Å². The fraction of sp³-hybridized carbons (Fsp3) is 0.462. The molecule has 2 aromatic rings. The predicted octanol–water partition coefficient (Wildman–Crippen LogP) is 5.96. The maximum absolute atomic E-state index is 13.3. The number of hydrogen-bond donors (Lipinski definition) is 1. The summed E-state index contributed by atoms with van der Waals surface area (Å²) in [5.74, 6) is -0.213. The normalized spacial score (nSPS) is 14.9. The highest BCUT2D eigenvalue weighted by Crippen LogP contribution is 2.27. The van der Waals surface area contributed by atoms with Gasteiger partial charge in [-0.2, -0.15) is 0 Å². The summed E-state index contributed by atoms with van der Waals surface area (Å²) < 4.78 is 0. The first-order valence-corrected chi connectivity index (χ1v) is 12.2. The van der Waals surface area contributed by atoms with E-state index in [2.05, 4.69) is 36.5 Å². The smallest absolute Gasteiger partial charge is 0.242 e. The molecule has 4 nitrogen and oxygen atoms in total. The second-order valence-electron chi connectivity index (χ2n) is 8.56. The van der Waals surface area contributed by atoms with Crippen molar-refractivity contribution in [2.75, 3.05) is 0 Å². The van der Waals surface area contributed by atoms with E-state index in [1.165, 1.54) is 5.56 Å². The summed E-state index contributed by atoms with van der Waals surface area (Å²) in [7, 11) is 0. The number of carbonyl (C=O) groups excluding carboxylic acids is 2. The quantitative estimate of drug-likeness (QED) is 0.486. The summed E-state index contributed by atoms with van der Waals surface area (Å²) in [5, 5.41) is 4.11. The van der Waals surface area contributed by atoms with Gasteiger partial charge in [-0.05, 0) is 55.9 Å². The molecule has 3 rings (SSSR count). The van der Waals surface area contributed by atoms with Crippen molar-refractivity contribution in [1.29, 1.82) is 0 Å². The van der Waals surface area contributed by atoms with Crippen molar-refractivity contribution in [3.8, 4) is 0 Å². The first kappa shape index (κ1) is 24.6. The lowest BCUT2D eigenvalue weighted by Gasteiger charge is -2.30. The van der Waals surface area contributed by atoms with Gasteiger partial charge in [0.2, 0.25) is 11.8 Å². The molecule has 0 heterocycles. The Morgan fingerprint density at radius 1 is 1.03 bits per heavy atom. The Bertz CT molecular complexity index is 904. The van der Waals surface area contributed by atoms with Crippen LogP contribution in [-0.4, -0.2) is 28.8 Å². The van der Waals surface area contributed by atoms with E-state index < -0.39 is 6.04 Å². The lowest BCUT2D eigenvalue weighted by molar-refractivity contribution is -0.140. The molecule has 0 aromatic heterocycles. The second kappa shape index (κ2) is 11.7. The van der Waals surface area contributed by atoms with Crippen molar-refractivity contribution in [2.45, 2.75) is 77.4 Å². The van der Waals surface area contributed by atoms with Crippen LogP contribution in [0.15, 0.2) is 42.5 Å². The van der Waals surface area contributed by atoms with Crippen LogP contribution in [0, 0.1) is 0 Å². The van der Waals surface area contributed by atoms with Crippen LogP contribution in [0.2, 0.25) is 10.0 Å². The maximum atomic E-state index is 13.3. The van der Waals surface area contributed by atoms with Gasteiger partial charge in [0.15, 0.2) is 0 Å².